The molecule has 1 saturated heterocycles. The fourth-order valence-electron chi connectivity index (χ4n) is 2.83. The van der Waals surface area contributed by atoms with Crippen LogP contribution in [0.2, 0.25) is 10.0 Å². The third-order valence-corrected chi connectivity index (χ3v) is 5.07. The van der Waals surface area contributed by atoms with Crippen molar-refractivity contribution in [2.45, 2.75) is 25.6 Å². The van der Waals surface area contributed by atoms with Crippen LogP contribution in [0.3, 0.4) is 0 Å². The highest BCUT2D eigenvalue weighted by atomic mass is 35.5. The first-order chi connectivity index (χ1) is 15.5. The number of halogens is 6. The quantitative estimate of drug-likeness (QED) is 0.557. The summed E-state index contributed by atoms with van der Waals surface area (Å²) in [4.78, 5) is 29.4. The number of nitrogens with one attached hydrogen (secondary N) is 1. The van der Waals surface area contributed by atoms with Crippen molar-refractivity contribution in [3.05, 3.63) is 45.8 Å². The molecule has 1 aromatic carbocycles. The van der Waals surface area contributed by atoms with E-state index in [9.17, 15) is 27.2 Å². The second-order valence-electron chi connectivity index (χ2n) is 7.02. The lowest BCUT2D eigenvalue weighted by Crippen LogP contribution is -2.54. The number of nitrogens with zero attached hydrogens (tertiary/aromatic N) is 2. The molecule has 0 bridgehead atoms. The Morgan fingerprint density at radius 3 is 2.52 bits per heavy atom. The molecule has 1 N–H and O–H groups in total. The normalized spacial score (nSPS) is 14.0. The van der Waals surface area contributed by atoms with Gasteiger partial charge in [0.1, 0.15) is 22.7 Å². The maximum Gasteiger partial charge on any atom is 0.422 e. The zero-order valence-electron chi connectivity index (χ0n) is 17.0. The molecule has 0 atom stereocenters. The fourth-order valence-corrected chi connectivity index (χ4v) is 3.21. The van der Waals surface area contributed by atoms with Gasteiger partial charge >= 0.3 is 6.18 Å². The van der Waals surface area contributed by atoms with Crippen molar-refractivity contribution < 1.29 is 36.6 Å². The summed E-state index contributed by atoms with van der Waals surface area (Å²) in [5, 5.41) is 1.75. The number of amides is 2. The van der Waals surface area contributed by atoms with Crippen LogP contribution in [0.1, 0.15) is 23.7 Å². The molecule has 3 rings (SSSR count). The summed E-state index contributed by atoms with van der Waals surface area (Å²) in [6.07, 6.45) is -3.61. The van der Waals surface area contributed by atoms with E-state index in [0.29, 0.717) is 18.8 Å². The second-order valence-corrected chi connectivity index (χ2v) is 7.84. The first kappa shape index (κ1) is 24.8. The lowest BCUT2D eigenvalue weighted by Gasteiger charge is -2.40. The van der Waals surface area contributed by atoms with Crippen LogP contribution in [0.5, 0.6) is 11.6 Å². The van der Waals surface area contributed by atoms with Crippen molar-refractivity contribution in [3.63, 3.8) is 0 Å². The minimum Gasteiger partial charge on any atom is -0.486 e. The molecule has 13 heteroatoms. The number of imide groups is 1. The van der Waals surface area contributed by atoms with Gasteiger partial charge in [-0.15, -0.1) is 0 Å². The second kappa shape index (κ2) is 10.0. The molecule has 1 aromatic heterocycles. The molecule has 2 heterocycles. The number of alkyl halides is 3. The van der Waals surface area contributed by atoms with E-state index in [0.717, 1.165) is 12.1 Å². The SMILES string of the molecule is CCC(=O)NC(=O)c1cc(Cl)c(F)cc1OC1CN(c2cnc(OCC(F)(F)F)c(Cl)c2)C1. The molecule has 0 saturated carbocycles. The van der Waals surface area contributed by atoms with E-state index in [2.05, 4.69) is 15.0 Å². The predicted molar refractivity (Wildman–Crippen MR) is 112 cm³/mol. The molecule has 0 radical (unpaired) electrons. The number of carbonyl (C=O) groups is 2. The standard InChI is InChI=1S/C20H17Cl2F4N3O4/c1-2-17(30)28-18(31)12-4-13(21)15(23)5-16(12)33-11-7-29(8-11)10-3-14(22)19(27-6-10)32-9-20(24,25)26/h3-6,11H,2,7-9H2,1H3,(H,28,30,31). The van der Waals surface area contributed by atoms with E-state index in [1.807, 2.05) is 0 Å². The third kappa shape index (κ3) is 6.38. The molecule has 33 heavy (non-hydrogen) atoms. The van der Waals surface area contributed by atoms with Gasteiger partial charge in [0.15, 0.2) is 6.61 Å². The lowest BCUT2D eigenvalue weighted by molar-refractivity contribution is -0.154. The monoisotopic (exact) mass is 509 g/mol. The van der Waals surface area contributed by atoms with Crippen molar-refractivity contribution >= 4 is 40.7 Å². The van der Waals surface area contributed by atoms with Crippen LogP contribution in [0, 0.1) is 5.82 Å². The Balaban J connectivity index is 1.65. The molecular formula is C20H17Cl2F4N3O4. The topological polar surface area (TPSA) is 80.8 Å². The fraction of sp³-hybridized carbons (Fsp3) is 0.350. The van der Waals surface area contributed by atoms with Crippen molar-refractivity contribution in [2.75, 3.05) is 24.6 Å². The highest BCUT2D eigenvalue weighted by Gasteiger charge is 2.32. The van der Waals surface area contributed by atoms with E-state index in [1.54, 1.807) is 11.8 Å². The first-order valence-electron chi connectivity index (χ1n) is 9.56. The van der Waals surface area contributed by atoms with E-state index in [1.165, 1.54) is 12.3 Å². The Morgan fingerprint density at radius 2 is 1.91 bits per heavy atom. The summed E-state index contributed by atoms with van der Waals surface area (Å²) < 4.78 is 61.1. The van der Waals surface area contributed by atoms with Crippen LogP contribution in [0.15, 0.2) is 24.4 Å². The predicted octanol–water partition coefficient (Wildman–Crippen LogP) is 4.40. The van der Waals surface area contributed by atoms with Crippen molar-refractivity contribution in [2.24, 2.45) is 0 Å². The van der Waals surface area contributed by atoms with Gasteiger partial charge in [-0.3, -0.25) is 14.9 Å². The van der Waals surface area contributed by atoms with Gasteiger partial charge in [0.25, 0.3) is 5.91 Å². The summed E-state index contributed by atoms with van der Waals surface area (Å²) in [6.45, 7) is 0.632. The molecule has 1 aliphatic heterocycles. The van der Waals surface area contributed by atoms with Crippen molar-refractivity contribution in [1.82, 2.24) is 10.3 Å². The summed E-state index contributed by atoms with van der Waals surface area (Å²) in [5.74, 6) is -2.53. The maximum absolute atomic E-state index is 14.0. The Labute approximate surface area is 195 Å². The van der Waals surface area contributed by atoms with Crippen LogP contribution in [-0.2, 0) is 4.79 Å². The third-order valence-electron chi connectivity index (χ3n) is 4.51. The molecule has 2 aromatic rings. The molecule has 7 nitrogen and oxygen atoms in total. The maximum atomic E-state index is 14.0. The highest BCUT2D eigenvalue weighted by molar-refractivity contribution is 6.32. The van der Waals surface area contributed by atoms with Crippen LogP contribution in [0.4, 0.5) is 23.2 Å². The average Bonchev–Trinajstić information content (AvgIpc) is 2.70. The zero-order chi connectivity index (χ0) is 24.3. The van der Waals surface area contributed by atoms with Gasteiger partial charge in [-0.25, -0.2) is 9.37 Å². The van der Waals surface area contributed by atoms with E-state index >= 15 is 0 Å². The molecule has 0 spiro atoms. The van der Waals surface area contributed by atoms with E-state index in [4.69, 9.17) is 27.9 Å². The van der Waals surface area contributed by atoms with Gasteiger partial charge in [0.05, 0.1) is 35.6 Å². The molecule has 0 aliphatic carbocycles. The highest BCUT2D eigenvalue weighted by Crippen LogP contribution is 2.33. The van der Waals surface area contributed by atoms with Crippen molar-refractivity contribution in [3.8, 4) is 11.6 Å². The Bertz CT molecular complexity index is 1060. The molecular weight excluding hydrogens is 493 g/mol. The minimum atomic E-state index is -4.52. The molecule has 1 fully saturated rings. The van der Waals surface area contributed by atoms with Crippen LogP contribution in [-0.4, -0.2) is 48.8 Å². The molecule has 1 aliphatic rings. The summed E-state index contributed by atoms with van der Waals surface area (Å²) in [5.41, 5.74) is 0.408. The number of hydrogen-bond acceptors (Lipinski definition) is 6. The van der Waals surface area contributed by atoms with Gasteiger partial charge in [0.2, 0.25) is 11.8 Å². The average molecular weight is 510 g/mol. The van der Waals surface area contributed by atoms with Crippen molar-refractivity contribution in [1.29, 1.82) is 0 Å². The molecule has 2 amide bonds. The summed E-state index contributed by atoms with van der Waals surface area (Å²) in [6, 6.07) is 3.43. The van der Waals surface area contributed by atoms with Crippen LogP contribution < -0.4 is 19.7 Å². The molecule has 178 valence electrons. The smallest absolute Gasteiger partial charge is 0.422 e. The largest absolute Gasteiger partial charge is 0.486 e. The Kier molecular flexibility index (Phi) is 7.53. The number of aromatic nitrogens is 1. The van der Waals surface area contributed by atoms with Gasteiger partial charge in [-0.2, -0.15) is 13.2 Å². The first-order valence-corrected chi connectivity index (χ1v) is 10.3. The Hall–Kier alpha value is -2.79. The summed E-state index contributed by atoms with van der Waals surface area (Å²) >= 11 is 11.7. The number of pyridine rings is 1. The minimum absolute atomic E-state index is 0.0745. The number of anilines is 1. The zero-order valence-corrected chi connectivity index (χ0v) is 18.5. The lowest BCUT2D eigenvalue weighted by atomic mass is 10.1. The summed E-state index contributed by atoms with van der Waals surface area (Å²) in [7, 11) is 0. The van der Waals surface area contributed by atoms with Crippen LogP contribution in [0.25, 0.3) is 0 Å². The van der Waals surface area contributed by atoms with Gasteiger partial charge in [-0.05, 0) is 12.1 Å². The van der Waals surface area contributed by atoms with E-state index < -0.39 is 36.5 Å². The Morgan fingerprint density at radius 1 is 1.21 bits per heavy atom. The van der Waals surface area contributed by atoms with Crippen LogP contribution >= 0.6 is 23.2 Å². The van der Waals surface area contributed by atoms with Gasteiger partial charge < -0.3 is 14.4 Å². The number of rotatable bonds is 7. The number of hydrogen-bond donors (Lipinski definition) is 1. The molecule has 0 unspecified atom stereocenters. The van der Waals surface area contributed by atoms with E-state index in [-0.39, 0.29) is 33.7 Å². The number of carbonyl (C=O) groups excluding carboxylic acids is 2. The number of ether oxygens (including phenoxy) is 2. The van der Waals surface area contributed by atoms with Gasteiger partial charge in [-0.1, -0.05) is 30.1 Å². The van der Waals surface area contributed by atoms with Gasteiger partial charge in [0, 0.05) is 12.5 Å². The number of benzene rings is 1.